The summed E-state index contributed by atoms with van der Waals surface area (Å²) in [5, 5.41) is 10.4. The van der Waals surface area contributed by atoms with E-state index in [1.54, 1.807) is 0 Å². The second kappa shape index (κ2) is 7.68. The summed E-state index contributed by atoms with van der Waals surface area (Å²) < 4.78 is 18.9. The van der Waals surface area contributed by atoms with E-state index in [1.807, 2.05) is 0 Å². The largest absolute Gasteiger partial charge is 0.469 e. The maximum absolute atomic E-state index is 13.0. The number of halogens is 2. The Morgan fingerprint density at radius 2 is 2.22 bits per heavy atom. The molecule has 0 saturated heterocycles. The van der Waals surface area contributed by atoms with E-state index < -0.39 is 17.7 Å². The Morgan fingerprint density at radius 1 is 1.43 bits per heavy atom. The first-order valence-corrected chi connectivity index (χ1v) is 7.06. The average Bonchev–Trinajstić information content (AvgIpc) is 2.98. The summed E-state index contributed by atoms with van der Waals surface area (Å²) in [6, 6.07) is 4.03. The standard InChI is InChI=1S/C14H14ClFN4O3/c1-23-13(21)4-5-17-14(22)12-8-20(19-18-12)7-9-2-3-10(16)6-11(9)15/h2-3,6,8H,4-5,7H2,1H3,(H,17,22). The van der Waals surface area contributed by atoms with Gasteiger partial charge < -0.3 is 10.1 Å². The van der Waals surface area contributed by atoms with Crippen LogP contribution in [0.25, 0.3) is 0 Å². The van der Waals surface area contributed by atoms with Gasteiger partial charge in [-0.15, -0.1) is 5.10 Å². The van der Waals surface area contributed by atoms with Crippen LogP contribution in [0.1, 0.15) is 22.5 Å². The fourth-order valence-electron chi connectivity index (χ4n) is 1.77. The molecule has 0 saturated carbocycles. The second-order valence-corrected chi connectivity index (χ2v) is 5.03. The number of nitrogens with zero attached hydrogens (tertiary/aromatic N) is 3. The molecule has 0 aliphatic rings. The average molecular weight is 341 g/mol. The van der Waals surface area contributed by atoms with Gasteiger partial charge in [0.1, 0.15) is 5.82 Å². The lowest BCUT2D eigenvalue weighted by Crippen LogP contribution is -2.26. The summed E-state index contributed by atoms with van der Waals surface area (Å²) in [7, 11) is 1.27. The molecule has 0 aliphatic heterocycles. The number of carbonyl (C=O) groups excluding carboxylic acids is 2. The molecule has 0 unspecified atom stereocenters. The van der Waals surface area contributed by atoms with E-state index >= 15 is 0 Å². The highest BCUT2D eigenvalue weighted by Gasteiger charge is 2.12. The van der Waals surface area contributed by atoms with Gasteiger partial charge in [0, 0.05) is 11.6 Å². The van der Waals surface area contributed by atoms with Gasteiger partial charge in [-0.1, -0.05) is 22.9 Å². The number of carbonyl (C=O) groups is 2. The molecule has 2 rings (SSSR count). The number of esters is 1. The van der Waals surface area contributed by atoms with Crippen LogP contribution < -0.4 is 5.32 Å². The van der Waals surface area contributed by atoms with Gasteiger partial charge in [0.15, 0.2) is 5.69 Å². The molecule has 0 aliphatic carbocycles. The molecule has 0 fully saturated rings. The first-order chi connectivity index (χ1) is 11.0. The number of benzene rings is 1. The van der Waals surface area contributed by atoms with Crippen molar-refractivity contribution in [3.05, 3.63) is 46.5 Å². The van der Waals surface area contributed by atoms with Crippen molar-refractivity contribution < 1.29 is 18.7 Å². The second-order valence-electron chi connectivity index (χ2n) is 4.62. The summed E-state index contributed by atoms with van der Waals surface area (Å²) >= 11 is 5.94. The normalized spacial score (nSPS) is 10.4. The van der Waals surface area contributed by atoms with Crippen LogP contribution in [0.5, 0.6) is 0 Å². The van der Waals surface area contributed by atoms with Gasteiger partial charge in [0.2, 0.25) is 0 Å². The molecule has 1 heterocycles. The van der Waals surface area contributed by atoms with E-state index in [0.717, 1.165) is 0 Å². The quantitative estimate of drug-likeness (QED) is 0.804. The van der Waals surface area contributed by atoms with Crippen LogP contribution in [-0.4, -0.2) is 40.5 Å². The highest BCUT2D eigenvalue weighted by atomic mass is 35.5. The zero-order chi connectivity index (χ0) is 16.8. The van der Waals surface area contributed by atoms with Crippen LogP contribution in [-0.2, 0) is 16.1 Å². The lowest BCUT2D eigenvalue weighted by Gasteiger charge is -2.03. The highest BCUT2D eigenvalue weighted by Crippen LogP contribution is 2.18. The van der Waals surface area contributed by atoms with Crippen LogP contribution in [0.2, 0.25) is 5.02 Å². The van der Waals surface area contributed by atoms with Crippen molar-refractivity contribution in [2.75, 3.05) is 13.7 Å². The van der Waals surface area contributed by atoms with Crippen molar-refractivity contribution in [3.63, 3.8) is 0 Å². The lowest BCUT2D eigenvalue weighted by atomic mass is 10.2. The number of hydrogen-bond donors (Lipinski definition) is 1. The number of nitrogens with one attached hydrogen (secondary N) is 1. The molecule has 0 atom stereocenters. The zero-order valence-electron chi connectivity index (χ0n) is 12.3. The molecule has 0 radical (unpaired) electrons. The Bertz CT molecular complexity index is 720. The number of methoxy groups -OCH3 is 1. The van der Waals surface area contributed by atoms with Gasteiger partial charge in [-0.3, -0.25) is 9.59 Å². The van der Waals surface area contributed by atoms with Crippen LogP contribution in [0, 0.1) is 5.82 Å². The van der Waals surface area contributed by atoms with E-state index in [1.165, 1.54) is 36.2 Å². The molecule has 0 spiro atoms. The summed E-state index contributed by atoms with van der Waals surface area (Å²) in [4.78, 5) is 22.8. The van der Waals surface area contributed by atoms with Crippen molar-refractivity contribution >= 4 is 23.5 Å². The van der Waals surface area contributed by atoms with Crippen LogP contribution in [0.3, 0.4) is 0 Å². The van der Waals surface area contributed by atoms with Crippen molar-refractivity contribution in [3.8, 4) is 0 Å². The molecule has 0 bridgehead atoms. The molecule has 2 aromatic rings. The van der Waals surface area contributed by atoms with Gasteiger partial charge in [-0.05, 0) is 17.7 Å². The van der Waals surface area contributed by atoms with Crippen LogP contribution >= 0.6 is 11.6 Å². The molecule has 9 heteroatoms. The zero-order valence-corrected chi connectivity index (χ0v) is 13.0. The first kappa shape index (κ1) is 16.9. The minimum atomic E-state index is -0.453. The van der Waals surface area contributed by atoms with Crippen molar-refractivity contribution in [2.24, 2.45) is 0 Å². The van der Waals surface area contributed by atoms with Gasteiger partial charge in [-0.2, -0.15) is 0 Å². The molecular weight excluding hydrogens is 327 g/mol. The van der Waals surface area contributed by atoms with Gasteiger partial charge in [-0.25, -0.2) is 9.07 Å². The summed E-state index contributed by atoms with van der Waals surface area (Å²) in [5.74, 6) is -1.30. The fourth-order valence-corrected chi connectivity index (χ4v) is 2.00. The van der Waals surface area contributed by atoms with Crippen LogP contribution in [0.4, 0.5) is 4.39 Å². The van der Waals surface area contributed by atoms with Gasteiger partial charge >= 0.3 is 5.97 Å². The third-order valence-electron chi connectivity index (χ3n) is 2.96. The lowest BCUT2D eigenvalue weighted by molar-refractivity contribution is -0.140. The van der Waals surface area contributed by atoms with E-state index in [9.17, 15) is 14.0 Å². The molecule has 1 N–H and O–H groups in total. The monoisotopic (exact) mass is 340 g/mol. The minimum absolute atomic E-state index is 0.0710. The van der Waals surface area contributed by atoms with Crippen molar-refractivity contribution in [1.82, 2.24) is 20.3 Å². The van der Waals surface area contributed by atoms with E-state index in [4.69, 9.17) is 11.6 Å². The summed E-state index contributed by atoms with van der Waals surface area (Å²) in [6.07, 6.45) is 1.51. The molecular formula is C14H14ClFN4O3. The maximum atomic E-state index is 13.0. The van der Waals surface area contributed by atoms with Crippen LogP contribution in [0.15, 0.2) is 24.4 Å². The Labute approximate surface area is 136 Å². The molecule has 122 valence electrons. The molecule has 1 aromatic heterocycles. The third-order valence-corrected chi connectivity index (χ3v) is 3.31. The predicted molar refractivity (Wildman–Crippen MR) is 79.5 cm³/mol. The molecule has 1 amide bonds. The Hall–Kier alpha value is -2.48. The predicted octanol–water partition coefficient (Wildman–Crippen LogP) is 1.41. The van der Waals surface area contributed by atoms with E-state index in [-0.39, 0.29) is 30.2 Å². The van der Waals surface area contributed by atoms with Crippen molar-refractivity contribution in [1.29, 1.82) is 0 Å². The van der Waals surface area contributed by atoms with Gasteiger partial charge in [0.05, 0.1) is 26.3 Å². The number of rotatable bonds is 6. The molecule has 1 aromatic carbocycles. The smallest absolute Gasteiger partial charge is 0.307 e. The molecule has 23 heavy (non-hydrogen) atoms. The Kier molecular flexibility index (Phi) is 5.64. The van der Waals surface area contributed by atoms with Gasteiger partial charge in [0.25, 0.3) is 5.91 Å². The SMILES string of the molecule is COC(=O)CCNC(=O)c1cn(Cc2ccc(F)cc2Cl)nn1. The summed E-state index contributed by atoms with van der Waals surface area (Å²) in [5.41, 5.74) is 0.753. The van der Waals surface area contributed by atoms with E-state index in [2.05, 4.69) is 20.4 Å². The number of amides is 1. The summed E-state index contributed by atoms with van der Waals surface area (Å²) in [6.45, 7) is 0.393. The van der Waals surface area contributed by atoms with E-state index in [0.29, 0.717) is 5.56 Å². The Balaban J connectivity index is 1.94. The van der Waals surface area contributed by atoms with Crippen molar-refractivity contribution in [2.45, 2.75) is 13.0 Å². The highest BCUT2D eigenvalue weighted by molar-refractivity contribution is 6.31. The minimum Gasteiger partial charge on any atom is -0.469 e. The Morgan fingerprint density at radius 3 is 2.91 bits per heavy atom. The fraction of sp³-hybridized carbons (Fsp3) is 0.286. The topological polar surface area (TPSA) is 86.1 Å². The number of aromatic nitrogens is 3. The first-order valence-electron chi connectivity index (χ1n) is 6.68. The number of ether oxygens (including phenoxy) is 1. The number of hydrogen-bond acceptors (Lipinski definition) is 5. The maximum Gasteiger partial charge on any atom is 0.307 e. The third kappa shape index (κ3) is 4.75. The molecule has 7 nitrogen and oxygen atoms in total.